The molecular formula is C25H22N4O4. The third-order valence-electron chi connectivity index (χ3n) is 5.68. The van der Waals surface area contributed by atoms with E-state index in [0.29, 0.717) is 54.1 Å². The van der Waals surface area contributed by atoms with Gasteiger partial charge in [0.2, 0.25) is 0 Å². The Balaban J connectivity index is 1.36. The second-order valence-electron chi connectivity index (χ2n) is 8.02. The highest BCUT2D eigenvalue weighted by Crippen LogP contribution is 2.37. The van der Waals surface area contributed by atoms with Gasteiger partial charge < -0.3 is 19.6 Å². The van der Waals surface area contributed by atoms with Crippen molar-refractivity contribution in [2.24, 2.45) is 11.8 Å². The highest BCUT2D eigenvalue weighted by atomic mass is 16.5. The summed E-state index contributed by atoms with van der Waals surface area (Å²) in [5, 5.41) is 12.3. The highest BCUT2D eigenvalue weighted by molar-refractivity contribution is 5.77. The molecule has 0 atom stereocenters. The number of carbonyl (C=O) groups is 1. The summed E-state index contributed by atoms with van der Waals surface area (Å²) in [6.45, 7) is 0.609. The molecule has 0 radical (unpaired) electrons. The Hall–Kier alpha value is -4.20. The first kappa shape index (κ1) is 20.7. The smallest absolute Gasteiger partial charge is 0.306 e. The summed E-state index contributed by atoms with van der Waals surface area (Å²) < 4.78 is 11.9. The minimum Gasteiger partial charge on any atom is -0.481 e. The van der Waals surface area contributed by atoms with E-state index >= 15 is 0 Å². The average Bonchev–Trinajstić information content (AvgIpc) is 3.24. The van der Waals surface area contributed by atoms with E-state index in [1.807, 2.05) is 54.6 Å². The van der Waals surface area contributed by atoms with Crippen molar-refractivity contribution in [2.75, 3.05) is 11.9 Å². The lowest BCUT2D eigenvalue weighted by atomic mass is 9.75. The predicted octanol–water partition coefficient (Wildman–Crippen LogP) is 5.11. The van der Waals surface area contributed by atoms with Gasteiger partial charge in [-0.05, 0) is 55.2 Å². The zero-order valence-corrected chi connectivity index (χ0v) is 17.7. The largest absolute Gasteiger partial charge is 0.481 e. The van der Waals surface area contributed by atoms with Gasteiger partial charge in [0.15, 0.2) is 5.76 Å². The van der Waals surface area contributed by atoms with Crippen LogP contribution in [0.25, 0.3) is 22.6 Å². The highest BCUT2D eigenvalue weighted by Gasteiger charge is 2.34. The van der Waals surface area contributed by atoms with Crippen LogP contribution < -0.4 is 10.1 Å². The number of aromatic nitrogens is 3. The Labute approximate surface area is 190 Å². The lowest BCUT2D eigenvalue weighted by molar-refractivity contribution is -0.146. The molecule has 5 rings (SSSR count). The Morgan fingerprint density at radius 1 is 1.00 bits per heavy atom. The van der Waals surface area contributed by atoms with Crippen molar-refractivity contribution < 1.29 is 19.1 Å². The van der Waals surface area contributed by atoms with Gasteiger partial charge in [0.25, 0.3) is 6.01 Å². The molecule has 4 aromatic rings. The number of hydrogen-bond donors (Lipinski definition) is 2. The zero-order chi connectivity index (χ0) is 22.6. The van der Waals surface area contributed by atoms with E-state index in [1.54, 1.807) is 12.4 Å². The molecule has 8 nitrogen and oxygen atoms in total. The monoisotopic (exact) mass is 442 g/mol. The van der Waals surface area contributed by atoms with Gasteiger partial charge in [-0.15, -0.1) is 0 Å². The van der Waals surface area contributed by atoms with Gasteiger partial charge in [-0.25, -0.2) is 9.97 Å². The molecule has 0 saturated heterocycles. The van der Waals surface area contributed by atoms with E-state index in [-0.39, 0.29) is 5.92 Å². The van der Waals surface area contributed by atoms with Crippen molar-refractivity contribution in [3.05, 3.63) is 73.3 Å². The lowest BCUT2D eigenvalue weighted by Crippen LogP contribution is -2.34. The first-order valence-corrected chi connectivity index (χ1v) is 10.7. The molecule has 1 fully saturated rings. The summed E-state index contributed by atoms with van der Waals surface area (Å²) in [7, 11) is 0. The van der Waals surface area contributed by atoms with Crippen molar-refractivity contribution in [1.82, 2.24) is 15.0 Å². The van der Waals surface area contributed by atoms with E-state index in [0.717, 1.165) is 11.3 Å². The van der Waals surface area contributed by atoms with E-state index < -0.39 is 5.97 Å². The molecule has 1 aliphatic carbocycles. The topological polar surface area (TPSA) is 110 Å². The molecule has 33 heavy (non-hydrogen) atoms. The number of nitrogens with zero attached hydrogens (tertiary/aromatic N) is 3. The predicted molar refractivity (Wildman–Crippen MR) is 122 cm³/mol. The van der Waals surface area contributed by atoms with E-state index in [9.17, 15) is 4.79 Å². The molecule has 0 bridgehead atoms. The second kappa shape index (κ2) is 9.12. The Morgan fingerprint density at radius 3 is 2.39 bits per heavy atom. The maximum atomic E-state index is 11.0. The molecule has 0 amide bonds. The number of carboxylic acid groups (broad SMARTS) is 1. The number of hydrogen-bond acceptors (Lipinski definition) is 7. The fourth-order valence-corrected chi connectivity index (χ4v) is 3.84. The lowest BCUT2D eigenvalue weighted by Gasteiger charge is -2.31. The number of anilines is 1. The van der Waals surface area contributed by atoms with Crippen LogP contribution in [0.15, 0.2) is 77.7 Å². The Morgan fingerprint density at radius 2 is 1.70 bits per heavy atom. The van der Waals surface area contributed by atoms with E-state index in [2.05, 4.69) is 20.3 Å². The third-order valence-corrected chi connectivity index (χ3v) is 5.68. The van der Waals surface area contributed by atoms with Crippen LogP contribution >= 0.6 is 0 Å². The van der Waals surface area contributed by atoms with E-state index in [4.69, 9.17) is 14.3 Å². The number of carboxylic acids is 1. The summed E-state index contributed by atoms with van der Waals surface area (Å²) in [4.78, 5) is 23.9. The molecule has 8 heteroatoms. The number of rotatable bonds is 8. The average molecular weight is 442 g/mol. The molecule has 1 saturated carbocycles. The van der Waals surface area contributed by atoms with E-state index in [1.165, 1.54) is 6.33 Å². The molecule has 1 aliphatic rings. The van der Waals surface area contributed by atoms with Crippen molar-refractivity contribution in [1.29, 1.82) is 0 Å². The molecule has 2 heterocycles. The van der Waals surface area contributed by atoms with Crippen molar-refractivity contribution >= 4 is 12.0 Å². The Bertz CT molecular complexity index is 1220. The third kappa shape index (κ3) is 4.69. The quantitative estimate of drug-likeness (QED) is 0.387. The minimum atomic E-state index is -0.726. The fraction of sp³-hybridized carbons (Fsp3) is 0.200. The van der Waals surface area contributed by atoms with Crippen molar-refractivity contribution in [3.63, 3.8) is 0 Å². The summed E-state index contributed by atoms with van der Waals surface area (Å²) in [6.07, 6.45) is 6.15. The maximum absolute atomic E-state index is 11.0. The molecular weight excluding hydrogens is 420 g/mol. The van der Waals surface area contributed by atoms with Gasteiger partial charge in [-0.3, -0.25) is 4.79 Å². The molecule has 0 aliphatic heterocycles. The number of oxazole rings is 1. The first-order chi connectivity index (χ1) is 16.2. The fourth-order valence-electron chi connectivity index (χ4n) is 3.84. The van der Waals surface area contributed by atoms with Crippen LogP contribution in [0.1, 0.15) is 12.8 Å². The number of ether oxygens (including phenoxy) is 1. The minimum absolute atomic E-state index is 0.245. The maximum Gasteiger partial charge on any atom is 0.306 e. The van der Waals surface area contributed by atoms with Crippen LogP contribution in [-0.4, -0.2) is 32.6 Å². The van der Waals surface area contributed by atoms with Gasteiger partial charge in [0.1, 0.15) is 23.5 Å². The van der Waals surface area contributed by atoms with Crippen LogP contribution in [0.4, 0.5) is 6.01 Å². The van der Waals surface area contributed by atoms with Crippen LogP contribution in [0, 0.1) is 11.8 Å². The summed E-state index contributed by atoms with van der Waals surface area (Å²) in [5.41, 5.74) is 2.24. The van der Waals surface area contributed by atoms with Gasteiger partial charge in [0, 0.05) is 24.5 Å². The number of aliphatic carboxylic acids is 1. The Kier molecular flexibility index (Phi) is 5.72. The normalized spacial score (nSPS) is 17.2. The zero-order valence-electron chi connectivity index (χ0n) is 17.7. The standard InChI is InChI=1S/C25H22N4O4/c30-24(31)18-10-16(11-18)12-28-25-29-22(23(33-25)19-13-26-15-27-14-19)17-6-8-21(9-7-17)32-20-4-2-1-3-5-20/h1-9,13-16,18H,10-12H2,(H,28,29)(H,30,31). The van der Waals surface area contributed by atoms with Crippen LogP contribution in [0.2, 0.25) is 0 Å². The van der Waals surface area contributed by atoms with Crippen molar-refractivity contribution in [3.8, 4) is 34.1 Å². The molecule has 2 aromatic heterocycles. The van der Waals surface area contributed by atoms with Crippen LogP contribution in [-0.2, 0) is 4.79 Å². The molecule has 0 spiro atoms. The SMILES string of the molecule is O=C(O)C1CC(CNc2nc(-c3ccc(Oc4ccccc4)cc3)c(-c3cncnc3)o2)C1. The van der Waals surface area contributed by atoms with Gasteiger partial charge in [-0.2, -0.15) is 4.98 Å². The first-order valence-electron chi connectivity index (χ1n) is 10.7. The van der Waals surface area contributed by atoms with Gasteiger partial charge in [-0.1, -0.05) is 18.2 Å². The van der Waals surface area contributed by atoms with Crippen LogP contribution in [0.3, 0.4) is 0 Å². The second-order valence-corrected chi connectivity index (χ2v) is 8.02. The van der Waals surface area contributed by atoms with Gasteiger partial charge in [0.05, 0.1) is 11.5 Å². The van der Waals surface area contributed by atoms with Gasteiger partial charge >= 0.3 is 5.97 Å². The molecule has 2 aromatic carbocycles. The summed E-state index contributed by atoms with van der Waals surface area (Å²) in [5.74, 6) is 1.36. The summed E-state index contributed by atoms with van der Waals surface area (Å²) >= 11 is 0. The number of benzene rings is 2. The number of nitrogens with one attached hydrogen (secondary N) is 1. The summed E-state index contributed by atoms with van der Waals surface area (Å²) in [6, 6.07) is 17.6. The molecule has 0 unspecified atom stereocenters. The van der Waals surface area contributed by atoms with Crippen LogP contribution in [0.5, 0.6) is 11.5 Å². The number of para-hydroxylation sites is 1. The molecule has 2 N–H and O–H groups in total. The molecule has 166 valence electrons. The van der Waals surface area contributed by atoms with Crippen molar-refractivity contribution in [2.45, 2.75) is 12.8 Å².